The second-order valence-corrected chi connectivity index (χ2v) is 4.79. The fraction of sp³-hybridized carbons (Fsp3) is 0.600. The van der Waals surface area contributed by atoms with E-state index in [9.17, 15) is 0 Å². The summed E-state index contributed by atoms with van der Waals surface area (Å²) < 4.78 is 0. The summed E-state index contributed by atoms with van der Waals surface area (Å²) in [4.78, 5) is 2.41. The molecule has 0 heterocycles. The largest absolute Gasteiger partial charge is 0.329 e. The molecule has 0 saturated carbocycles. The van der Waals surface area contributed by atoms with Crippen molar-refractivity contribution in [3.05, 3.63) is 35.4 Å². The van der Waals surface area contributed by atoms with Gasteiger partial charge >= 0.3 is 0 Å². The molecule has 1 rings (SSSR count). The molecule has 17 heavy (non-hydrogen) atoms. The van der Waals surface area contributed by atoms with Crippen LogP contribution in [0.15, 0.2) is 24.3 Å². The Morgan fingerprint density at radius 2 is 1.47 bits per heavy atom. The third-order valence-electron chi connectivity index (χ3n) is 3.46. The maximum Gasteiger partial charge on any atom is 0.0470 e. The van der Waals surface area contributed by atoms with Crippen molar-refractivity contribution < 1.29 is 0 Å². The number of benzene rings is 1. The second kappa shape index (κ2) is 6.77. The van der Waals surface area contributed by atoms with Gasteiger partial charge in [-0.2, -0.15) is 0 Å². The second-order valence-electron chi connectivity index (χ2n) is 4.79. The van der Waals surface area contributed by atoms with Gasteiger partial charge in [0.25, 0.3) is 0 Å². The lowest BCUT2D eigenvalue weighted by Crippen LogP contribution is -2.33. The Labute approximate surface area is 106 Å². The third-order valence-corrected chi connectivity index (χ3v) is 3.46. The van der Waals surface area contributed by atoms with Gasteiger partial charge in [-0.3, -0.25) is 4.90 Å². The Morgan fingerprint density at radius 3 is 1.82 bits per heavy atom. The van der Waals surface area contributed by atoms with Gasteiger partial charge in [-0.1, -0.05) is 52.0 Å². The molecule has 1 aromatic rings. The number of nitrogens with zero attached hydrogens (tertiary/aromatic N) is 1. The highest BCUT2D eigenvalue weighted by molar-refractivity contribution is 5.27. The van der Waals surface area contributed by atoms with E-state index in [1.54, 1.807) is 0 Å². The van der Waals surface area contributed by atoms with Crippen LogP contribution in [0, 0.1) is 0 Å². The van der Waals surface area contributed by atoms with Crippen LogP contribution in [0.4, 0.5) is 0 Å². The molecule has 0 aliphatic carbocycles. The smallest absolute Gasteiger partial charge is 0.0470 e. The quantitative estimate of drug-likeness (QED) is 0.819. The Kier molecular flexibility index (Phi) is 5.66. The molecule has 1 aromatic carbocycles. The van der Waals surface area contributed by atoms with Crippen LogP contribution in [0.5, 0.6) is 0 Å². The van der Waals surface area contributed by atoms with Crippen LogP contribution in [0.1, 0.15) is 50.8 Å². The molecule has 0 bridgehead atoms. The van der Waals surface area contributed by atoms with Crippen molar-refractivity contribution in [1.29, 1.82) is 0 Å². The van der Waals surface area contributed by atoms with Gasteiger partial charge in [0.05, 0.1) is 0 Å². The van der Waals surface area contributed by atoms with Crippen LogP contribution in [-0.2, 0) is 0 Å². The Hall–Kier alpha value is -0.860. The third kappa shape index (κ3) is 3.55. The average Bonchev–Trinajstić information content (AvgIpc) is 2.36. The van der Waals surface area contributed by atoms with Crippen molar-refractivity contribution in [1.82, 2.24) is 4.90 Å². The van der Waals surface area contributed by atoms with Crippen molar-refractivity contribution in [2.24, 2.45) is 5.73 Å². The molecule has 0 aliphatic rings. The summed E-state index contributed by atoms with van der Waals surface area (Å²) in [6.07, 6.45) is 0. The summed E-state index contributed by atoms with van der Waals surface area (Å²) in [6.45, 7) is 11.6. The van der Waals surface area contributed by atoms with Crippen LogP contribution in [0.3, 0.4) is 0 Å². The molecule has 0 unspecified atom stereocenters. The average molecular weight is 234 g/mol. The van der Waals surface area contributed by atoms with Crippen molar-refractivity contribution in [3.63, 3.8) is 0 Å². The van der Waals surface area contributed by atoms with Crippen LogP contribution < -0.4 is 5.73 Å². The molecule has 2 nitrogen and oxygen atoms in total. The highest BCUT2D eigenvalue weighted by Crippen LogP contribution is 2.22. The zero-order valence-electron chi connectivity index (χ0n) is 11.6. The van der Waals surface area contributed by atoms with E-state index in [0.29, 0.717) is 18.5 Å². The van der Waals surface area contributed by atoms with E-state index in [-0.39, 0.29) is 0 Å². The standard InChI is InChI=1S/C15H26N2/c1-5-17(6-2)15(11-16)14-9-7-13(8-10-14)12(3)4/h7-10,12,15H,5-6,11,16H2,1-4H3/t15-/m1/s1. The first-order valence-corrected chi connectivity index (χ1v) is 6.67. The highest BCUT2D eigenvalue weighted by Gasteiger charge is 2.15. The highest BCUT2D eigenvalue weighted by atomic mass is 15.2. The molecule has 1 atom stereocenters. The Balaban J connectivity index is 2.89. The summed E-state index contributed by atoms with van der Waals surface area (Å²) in [6, 6.07) is 9.26. The minimum Gasteiger partial charge on any atom is -0.329 e. The minimum absolute atomic E-state index is 0.353. The predicted molar refractivity (Wildman–Crippen MR) is 75.2 cm³/mol. The maximum absolute atomic E-state index is 5.91. The molecular formula is C15H26N2. The number of hydrogen-bond acceptors (Lipinski definition) is 2. The first-order valence-electron chi connectivity index (χ1n) is 6.67. The van der Waals surface area contributed by atoms with Crippen LogP contribution in [0.2, 0.25) is 0 Å². The summed E-state index contributed by atoms with van der Waals surface area (Å²) in [5, 5.41) is 0. The zero-order chi connectivity index (χ0) is 12.8. The van der Waals surface area contributed by atoms with Crippen molar-refractivity contribution in [2.75, 3.05) is 19.6 Å². The van der Waals surface area contributed by atoms with Crippen molar-refractivity contribution in [3.8, 4) is 0 Å². The van der Waals surface area contributed by atoms with E-state index in [1.165, 1.54) is 11.1 Å². The predicted octanol–water partition coefficient (Wildman–Crippen LogP) is 3.15. The fourth-order valence-electron chi connectivity index (χ4n) is 2.26. The molecule has 2 heteroatoms. The summed E-state index contributed by atoms with van der Waals surface area (Å²) in [5.41, 5.74) is 8.64. The number of likely N-dealkylation sites (N-methyl/N-ethyl adjacent to an activating group) is 1. The first-order chi connectivity index (χ1) is 8.13. The maximum atomic E-state index is 5.91. The lowest BCUT2D eigenvalue weighted by molar-refractivity contribution is 0.224. The number of rotatable bonds is 6. The molecule has 96 valence electrons. The van der Waals surface area contributed by atoms with Gasteiger partial charge in [-0.05, 0) is 30.1 Å². The molecule has 0 spiro atoms. The van der Waals surface area contributed by atoms with Gasteiger partial charge in [-0.15, -0.1) is 0 Å². The number of nitrogens with two attached hydrogens (primary N) is 1. The monoisotopic (exact) mass is 234 g/mol. The molecule has 2 N–H and O–H groups in total. The van der Waals surface area contributed by atoms with E-state index < -0.39 is 0 Å². The van der Waals surface area contributed by atoms with Crippen LogP contribution in [-0.4, -0.2) is 24.5 Å². The Bertz CT molecular complexity index is 312. The molecule has 0 amide bonds. The first kappa shape index (κ1) is 14.2. The van der Waals surface area contributed by atoms with E-state index in [0.717, 1.165) is 13.1 Å². The van der Waals surface area contributed by atoms with Crippen LogP contribution in [0.25, 0.3) is 0 Å². The van der Waals surface area contributed by atoms with Crippen molar-refractivity contribution >= 4 is 0 Å². The summed E-state index contributed by atoms with van der Waals surface area (Å²) >= 11 is 0. The van der Waals surface area contributed by atoms with E-state index in [2.05, 4.69) is 56.9 Å². The molecule has 0 aromatic heterocycles. The number of hydrogen-bond donors (Lipinski definition) is 1. The summed E-state index contributed by atoms with van der Waals surface area (Å²) in [7, 11) is 0. The van der Waals surface area contributed by atoms with Crippen molar-refractivity contribution in [2.45, 2.75) is 39.7 Å². The molecular weight excluding hydrogens is 208 g/mol. The van der Waals surface area contributed by atoms with Gasteiger partial charge in [0.15, 0.2) is 0 Å². The lowest BCUT2D eigenvalue weighted by Gasteiger charge is -2.29. The van der Waals surface area contributed by atoms with E-state index >= 15 is 0 Å². The topological polar surface area (TPSA) is 29.3 Å². The molecule has 0 fully saturated rings. The van der Waals surface area contributed by atoms with Gasteiger partial charge < -0.3 is 5.73 Å². The molecule has 0 saturated heterocycles. The SMILES string of the molecule is CCN(CC)[C@H](CN)c1ccc(C(C)C)cc1. The molecule has 0 aliphatic heterocycles. The van der Waals surface area contributed by atoms with E-state index in [4.69, 9.17) is 5.73 Å². The fourth-order valence-corrected chi connectivity index (χ4v) is 2.26. The Morgan fingerprint density at radius 1 is 1.00 bits per heavy atom. The summed E-state index contributed by atoms with van der Waals surface area (Å²) in [5.74, 6) is 0.592. The van der Waals surface area contributed by atoms with Gasteiger partial charge in [-0.25, -0.2) is 0 Å². The normalized spacial score (nSPS) is 13.4. The van der Waals surface area contributed by atoms with Gasteiger partial charge in [0, 0.05) is 12.6 Å². The van der Waals surface area contributed by atoms with Crippen LogP contribution >= 0.6 is 0 Å². The lowest BCUT2D eigenvalue weighted by atomic mass is 9.98. The zero-order valence-corrected chi connectivity index (χ0v) is 11.6. The minimum atomic E-state index is 0.353. The van der Waals surface area contributed by atoms with E-state index in [1.807, 2.05) is 0 Å². The van der Waals surface area contributed by atoms with Gasteiger partial charge in [0.2, 0.25) is 0 Å². The molecule has 0 radical (unpaired) electrons. The van der Waals surface area contributed by atoms with Gasteiger partial charge in [0.1, 0.15) is 0 Å².